The molecule has 0 aromatic rings. The van der Waals surface area contributed by atoms with E-state index in [1.807, 2.05) is 19.6 Å². The molecule has 0 aromatic carbocycles. The SMILES string of the molecule is C[Si](C)(C)C1(S(=O)(=O)[O-])C=CC=CC1. The molecule has 0 bridgehead atoms. The van der Waals surface area contributed by atoms with E-state index in [9.17, 15) is 13.0 Å². The van der Waals surface area contributed by atoms with Gasteiger partial charge in [0.05, 0.1) is 12.4 Å². The summed E-state index contributed by atoms with van der Waals surface area (Å²) in [7, 11) is -6.35. The molecule has 80 valence electrons. The number of allylic oxidation sites excluding steroid dienone is 3. The first kappa shape index (κ1) is 11.7. The van der Waals surface area contributed by atoms with Crippen LogP contribution in [0, 0.1) is 0 Å². The largest absolute Gasteiger partial charge is 0.747 e. The van der Waals surface area contributed by atoms with Crippen molar-refractivity contribution < 1.29 is 13.0 Å². The Labute approximate surface area is 86.3 Å². The van der Waals surface area contributed by atoms with Crippen LogP contribution in [0.4, 0.5) is 0 Å². The van der Waals surface area contributed by atoms with Crippen molar-refractivity contribution in [1.29, 1.82) is 0 Å². The molecule has 0 saturated heterocycles. The molecule has 0 aromatic heterocycles. The molecule has 0 fully saturated rings. The zero-order chi connectivity index (χ0) is 11.0. The Kier molecular flexibility index (Phi) is 2.77. The average molecular weight is 231 g/mol. The molecule has 0 aliphatic heterocycles. The lowest BCUT2D eigenvalue weighted by atomic mass is 10.2. The Morgan fingerprint density at radius 3 is 2.07 bits per heavy atom. The highest BCUT2D eigenvalue weighted by Crippen LogP contribution is 2.35. The summed E-state index contributed by atoms with van der Waals surface area (Å²) in [6, 6.07) is 0. The first-order valence-corrected chi connectivity index (χ1v) is 9.41. The topological polar surface area (TPSA) is 57.2 Å². The Bertz CT molecular complexity index is 375. The standard InChI is InChI=1S/C9H16O3SSi/c1-14(2,3)9(13(10,11)12)7-5-4-6-8-9/h4-7H,8H2,1-3H3,(H,10,11,12)/p-1. The summed E-state index contributed by atoms with van der Waals surface area (Å²) >= 11 is 0. The summed E-state index contributed by atoms with van der Waals surface area (Å²) in [5.41, 5.74) is 0. The molecular weight excluding hydrogens is 216 g/mol. The maximum absolute atomic E-state index is 11.3. The zero-order valence-electron chi connectivity index (χ0n) is 8.65. The lowest BCUT2D eigenvalue weighted by Crippen LogP contribution is -2.56. The molecule has 1 rings (SSSR count). The average Bonchev–Trinajstić information content (AvgIpc) is 2.02. The molecule has 14 heavy (non-hydrogen) atoms. The maximum Gasteiger partial charge on any atom is 0.102 e. The van der Waals surface area contributed by atoms with Crippen LogP contribution in [0.5, 0.6) is 0 Å². The fourth-order valence-corrected chi connectivity index (χ4v) is 6.59. The molecule has 0 radical (unpaired) electrons. The smallest absolute Gasteiger partial charge is 0.102 e. The van der Waals surface area contributed by atoms with Crippen molar-refractivity contribution in [3.8, 4) is 0 Å². The van der Waals surface area contributed by atoms with Crippen LogP contribution in [-0.2, 0) is 10.1 Å². The Hall–Kier alpha value is -0.393. The highest BCUT2D eigenvalue weighted by Gasteiger charge is 2.46. The van der Waals surface area contributed by atoms with Gasteiger partial charge in [-0.1, -0.05) is 43.9 Å². The first-order valence-electron chi connectivity index (χ1n) is 4.50. The van der Waals surface area contributed by atoms with Crippen molar-refractivity contribution >= 4 is 18.2 Å². The molecule has 5 heteroatoms. The number of hydrogen-bond acceptors (Lipinski definition) is 3. The quantitative estimate of drug-likeness (QED) is 0.536. The van der Waals surface area contributed by atoms with Gasteiger partial charge in [0.2, 0.25) is 0 Å². The third-order valence-electron chi connectivity index (χ3n) is 2.75. The predicted octanol–water partition coefficient (Wildman–Crippen LogP) is 1.66. The molecule has 1 atom stereocenters. The van der Waals surface area contributed by atoms with Crippen molar-refractivity contribution in [3.05, 3.63) is 24.3 Å². The normalized spacial score (nSPS) is 28.0. The second-order valence-electron chi connectivity index (χ2n) is 4.59. The van der Waals surface area contributed by atoms with Crippen molar-refractivity contribution in [2.45, 2.75) is 30.4 Å². The van der Waals surface area contributed by atoms with Crippen LogP contribution in [0.25, 0.3) is 0 Å². The minimum atomic E-state index is -4.27. The minimum Gasteiger partial charge on any atom is -0.747 e. The molecule has 1 aliphatic carbocycles. The molecule has 0 heterocycles. The van der Waals surface area contributed by atoms with Gasteiger partial charge in [-0.25, -0.2) is 8.42 Å². The highest BCUT2D eigenvalue weighted by atomic mass is 32.2. The Morgan fingerprint density at radius 1 is 1.29 bits per heavy atom. The Balaban J connectivity index is 3.32. The van der Waals surface area contributed by atoms with Gasteiger partial charge in [0.25, 0.3) is 0 Å². The zero-order valence-corrected chi connectivity index (χ0v) is 10.5. The van der Waals surface area contributed by atoms with Gasteiger partial charge in [-0.3, -0.25) is 0 Å². The third-order valence-corrected chi connectivity index (χ3v) is 9.44. The monoisotopic (exact) mass is 231 g/mol. The van der Waals surface area contributed by atoms with E-state index in [0.717, 1.165) is 0 Å². The number of rotatable bonds is 2. The molecule has 0 amide bonds. The summed E-state index contributed by atoms with van der Waals surface area (Å²) in [5.74, 6) is 0. The fraction of sp³-hybridized carbons (Fsp3) is 0.556. The molecule has 3 nitrogen and oxygen atoms in total. The molecule has 1 aliphatic rings. The second-order valence-corrected chi connectivity index (χ2v) is 12.0. The van der Waals surface area contributed by atoms with Crippen LogP contribution in [0.3, 0.4) is 0 Å². The van der Waals surface area contributed by atoms with Crippen LogP contribution in [0.1, 0.15) is 6.42 Å². The maximum atomic E-state index is 11.3. The number of hydrogen-bond donors (Lipinski definition) is 0. The minimum absolute atomic E-state index is 0.324. The molecule has 1 unspecified atom stereocenters. The van der Waals surface area contributed by atoms with E-state index >= 15 is 0 Å². The van der Waals surface area contributed by atoms with Gasteiger partial charge in [0.1, 0.15) is 10.1 Å². The van der Waals surface area contributed by atoms with E-state index in [1.54, 1.807) is 24.3 Å². The summed E-state index contributed by atoms with van der Waals surface area (Å²) in [4.78, 5) is 0. The van der Waals surface area contributed by atoms with Crippen LogP contribution in [-0.4, -0.2) is 25.4 Å². The molecule has 0 N–H and O–H groups in total. The van der Waals surface area contributed by atoms with E-state index < -0.39 is 22.6 Å². The molecular formula is C9H15O3SSi-. The second kappa shape index (κ2) is 3.32. The van der Waals surface area contributed by atoms with Crippen molar-refractivity contribution in [2.75, 3.05) is 0 Å². The van der Waals surface area contributed by atoms with E-state index in [1.165, 1.54) is 0 Å². The van der Waals surface area contributed by atoms with Crippen molar-refractivity contribution in [1.82, 2.24) is 0 Å². The van der Waals surface area contributed by atoms with Crippen LogP contribution < -0.4 is 0 Å². The van der Waals surface area contributed by atoms with Gasteiger partial charge in [0.15, 0.2) is 0 Å². The first-order chi connectivity index (χ1) is 6.21. The summed E-state index contributed by atoms with van der Waals surface area (Å²) in [5, 5.41) is 0. The lowest BCUT2D eigenvalue weighted by molar-refractivity contribution is 0.447. The Morgan fingerprint density at radius 2 is 1.86 bits per heavy atom. The van der Waals surface area contributed by atoms with E-state index in [2.05, 4.69) is 0 Å². The fourth-order valence-electron chi connectivity index (χ4n) is 1.72. The highest BCUT2D eigenvalue weighted by molar-refractivity contribution is 7.89. The van der Waals surface area contributed by atoms with Crippen molar-refractivity contribution in [2.24, 2.45) is 0 Å². The third kappa shape index (κ3) is 1.71. The van der Waals surface area contributed by atoms with Crippen LogP contribution in [0.15, 0.2) is 24.3 Å². The summed E-state index contributed by atoms with van der Waals surface area (Å²) in [6.07, 6.45) is 7.10. The van der Waals surface area contributed by atoms with Gasteiger partial charge in [-0.2, -0.15) is 0 Å². The molecule has 0 spiro atoms. The van der Waals surface area contributed by atoms with Gasteiger partial charge in [-0.15, -0.1) is 0 Å². The van der Waals surface area contributed by atoms with Gasteiger partial charge in [-0.05, 0) is 6.42 Å². The lowest BCUT2D eigenvalue weighted by Gasteiger charge is -2.43. The van der Waals surface area contributed by atoms with Crippen LogP contribution in [0.2, 0.25) is 19.6 Å². The predicted molar refractivity (Wildman–Crippen MR) is 58.7 cm³/mol. The van der Waals surface area contributed by atoms with Gasteiger partial charge >= 0.3 is 0 Å². The summed E-state index contributed by atoms with van der Waals surface area (Å²) < 4.78 is 32.9. The van der Waals surface area contributed by atoms with E-state index in [4.69, 9.17) is 0 Å². The van der Waals surface area contributed by atoms with E-state index in [0.29, 0.717) is 6.42 Å². The van der Waals surface area contributed by atoms with Crippen molar-refractivity contribution in [3.63, 3.8) is 0 Å². The van der Waals surface area contributed by atoms with E-state index in [-0.39, 0.29) is 0 Å². The summed E-state index contributed by atoms with van der Waals surface area (Å²) in [6.45, 7) is 5.73. The molecule has 0 saturated carbocycles. The van der Waals surface area contributed by atoms with Crippen LogP contribution >= 0.6 is 0 Å². The van der Waals surface area contributed by atoms with Gasteiger partial charge < -0.3 is 4.55 Å². The van der Waals surface area contributed by atoms with Gasteiger partial charge in [0, 0.05) is 0 Å².